The topological polar surface area (TPSA) is 63.3 Å². The smallest absolute Gasteiger partial charge is 0.416 e. The molecule has 10 heteroatoms. The van der Waals surface area contributed by atoms with E-state index < -0.39 is 11.7 Å². The normalized spacial score (nSPS) is 15.9. The number of nitrogens with zero attached hydrogens (tertiary/aromatic N) is 3. The molecule has 2 aromatic carbocycles. The Morgan fingerprint density at radius 3 is 2.76 bits per heavy atom. The Kier molecular flexibility index (Phi) is 5.61. The Balaban J connectivity index is 1.64. The van der Waals surface area contributed by atoms with E-state index in [2.05, 4.69) is 15.0 Å². The lowest BCUT2D eigenvalue weighted by Gasteiger charge is -2.38. The molecule has 1 atom stereocenters. The average molecular weight is 489 g/mol. The Labute approximate surface area is 198 Å². The molecule has 0 amide bonds. The van der Waals surface area contributed by atoms with Crippen molar-refractivity contribution in [3.8, 4) is 17.1 Å². The van der Waals surface area contributed by atoms with E-state index in [-0.39, 0.29) is 22.1 Å². The van der Waals surface area contributed by atoms with E-state index in [9.17, 15) is 13.2 Å². The standard InChI is InChI=1S/C24H20ClF3N4O2/c1-13-6-7-20(29-10-13)32-15(11-33-2)12-34-22-16(4-3-5-19(22)32)23-30-18-9-14(24(26,27)28)8-17(25)21(18)31-23/h3-10,15H,11-12H2,1-2H3,(H,30,31)/t15-/m0/s1. The van der Waals surface area contributed by atoms with Gasteiger partial charge in [-0.2, -0.15) is 13.2 Å². The minimum atomic E-state index is -4.52. The summed E-state index contributed by atoms with van der Waals surface area (Å²) in [5.74, 6) is 1.63. The summed E-state index contributed by atoms with van der Waals surface area (Å²) >= 11 is 6.14. The van der Waals surface area contributed by atoms with Gasteiger partial charge in [-0.25, -0.2) is 9.97 Å². The number of benzene rings is 2. The van der Waals surface area contributed by atoms with Crippen molar-refractivity contribution >= 4 is 34.1 Å². The number of hydrogen-bond acceptors (Lipinski definition) is 5. The van der Waals surface area contributed by atoms with Crippen molar-refractivity contribution < 1.29 is 22.6 Å². The first-order valence-corrected chi connectivity index (χ1v) is 10.9. The molecule has 0 radical (unpaired) electrons. The monoisotopic (exact) mass is 488 g/mol. The first-order chi connectivity index (χ1) is 16.3. The second kappa shape index (κ2) is 8.48. The van der Waals surface area contributed by atoms with E-state index in [1.807, 2.05) is 36.1 Å². The number of hydrogen-bond donors (Lipinski definition) is 1. The van der Waals surface area contributed by atoms with E-state index in [1.165, 1.54) is 0 Å². The number of aryl methyl sites for hydroxylation is 1. The molecular formula is C24H20ClF3N4O2. The van der Waals surface area contributed by atoms with Gasteiger partial charge in [0.2, 0.25) is 0 Å². The predicted molar refractivity (Wildman–Crippen MR) is 124 cm³/mol. The number of alkyl halides is 3. The van der Waals surface area contributed by atoms with E-state index >= 15 is 0 Å². The number of fused-ring (bicyclic) bond motifs is 2. The molecule has 5 rings (SSSR count). The lowest BCUT2D eigenvalue weighted by Crippen LogP contribution is -2.43. The fourth-order valence-corrected chi connectivity index (χ4v) is 4.36. The molecule has 176 valence electrons. The van der Waals surface area contributed by atoms with E-state index in [0.717, 1.165) is 29.2 Å². The minimum Gasteiger partial charge on any atom is -0.488 e. The zero-order valence-electron chi connectivity index (χ0n) is 18.3. The third-order valence-electron chi connectivity index (χ3n) is 5.66. The lowest BCUT2D eigenvalue weighted by atomic mass is 10.1. The fourth-order valence-electron chi connectivity index (χ4n) is 4.10. The molecule has 0 saturated carbocycles. The summed E-state index contributed by atoms with van der Waals surface area (Å²) in [5.41, 5.74) is 2.00. The molecule has 0 spiro atoms. The van der Waals surface area contributed by atoms with Crippen LogP contribution in [0.25, 0.3) is 22.4 Å². The van der Waals surface area contributed by atoms with Gasteiger partial charge >= 0.3 is 6.18 Å². The minimum absolute atomic E-state index is 0.0799. The SMILES string of the molecule is COC[C@H]1COc2c(-c3nc4c(Cl)cc(C(F)(F)F)cc4[nH]3)cccc2N1c1ccc(C)cn1. The van der Waals surface area contributed by atoms with Crippen LogP contribution in [0.2, 0.25) is 5.02 Å². The van der Waals surface area contributed by atoms with Gasteiger partial charge in [0, 0.05) is 13.3 Å². The lowest BCUT2D eigenvalue weighted by molar-refractivity contribution is -0.137. The molecule has 6 nitrogen and oxygen atoms in total. The number of imidazole rings is 1. The maximum absolute atomic E-state index is 13.2. The van der Waals surface area contributed by atoms with Crippen LogP contribution in [0.15, 0.2) is 48.7 Å². The van der Waals surface area contributed by atoms with Gasteiger partial charge in [0.25, 0.3) is 0 Å². The maximum atomic E-state index is 13.2. The highest BCUT2D eigenvalue weighted by atomic mass is 35.5. The van der Waals surface area contributed by atoms with Gasteiger partial charge in [-0.05, 0) is 42.8 Å². The summed E-state index contributed by atoms with van der Waals surface area (Å²) in [5, 5.41) is -0.0799. The Hall–Kier alpha value is -3.30. The molecule has 0 fully saturated rings. The quantitative estimate of drug-likeness (QED) is 0.373. The number of halogens is 4. The molecule has 0 saturated heterocycles. The number of H-pyrrole nitrogens is 1. The fraction of sp³-hybridized carbons (Fsp3) is 0.250. The average Bonchev–Trinajstić information content (AvgIpc) is 3.24. The first kappa shape index (κ1) is 22.5. The van der Waals surface area contributed by atoms with Crippen LogP contribution < -0.4 is 9.64 Å². The van der Waals surface area contributed by atoms with Crippen LogP contribution in [0.4, 0.5) is 24.7 Å². The number of aromatic nitrogens is 3. The Morgan fingerprint density at radius 1 is 1.24 bits per heavy atom. The van der Waals surface area contributed by atoms with Crippen LogP contribution >= 0.6 is 11.6 Å². The Bertz CT molecular complexity index is 1360. The van der Waals surface area contributed by atoms with Crippen molar-refractivity contribution in [1.29, 1.82) is 0 Å². The summed E-state index contributed by atoms with van der Waals surface area (Å²) in [6.45, 7) is 2.71. The summed E-state index contributed by atoms with van der Waals surface area (Å²) in [6.07, 6.45) is -2.73. The van der Waals surface area contributed by atoms with Gasteiger partial charge in [-0.1, -0.05) is 23.7 Å². The van der Waals surface area contributed by atoms with Gasteiger partial charge in [0.15, 0.2) is 5.75 Å². The van der Waals surface area contributed by atoms with Crippen molar-refractivity contribution in [3.05, 3.63) is 64.8 Å². The molecule has 0 aliphatic carbocycles. The van der Waals surface area contributed by atoms with Gasteiger partial charge in [0.1, 0.15) is 23.8 Å². The van der Waals surface area contributed by atoms with Crippen molar-refractivity contribution in [3.63, 3.8) is 0 Å². The maximum Gasteiger partial charge on any atom is 0.416 e. The van der Waals surface area contributed by atoms with Gasteiger partial charge < -0.3 is 19.4 Å². The van der Waals surface area contributed by atoms with Gasteiger partial charge in [-0.3, -0.25) is 0 Å². The van der Waals surface area contributed by atoms with Crippen molar-refractivity contribution in [2.24, 2.45) is 0 Å². The third-order valence-corrected chi connectivity index (χ3v) is 5.95. The zero-order valence-corrected chi connectivity index (χ0v) is 19.0. The van der Waals surface area contributed by atoms with Crippen LogP contribution in [-0.2, 0) is 10.9 Å². The molecule has 2 aromatic heterocycles. The molecule has 0 bridgehead atoms. The molecule has 4 aromatic rings. The Morgan fingerprint density at radius 2 is 2.06 bits per heavy atom. The van der Waals surface area contributed by atoms with Gasteiger partial charge in [-0.15, -0.1) is 0 Å². The van der Waals surface area contributed by atoms with Crippen LogP contribution in [-0.4, -0.2) is 41.3 Å². The van der Waals surface area contributed by atoms with E-state index in [4.69, 9.17) is 21.1 Å². The predicted octanol–water partition coefficient (Wildman–Crippen LogP) is 6.15. The molecule has 3 heterocycles. The third kappa shape index (κ3) is 3.95. The molecule has 34 heavy (non-hydrogen) atoms. The number of methoxy groups -OCH3 is 1. The van der Waals surface area contributed by atoms with Crippen molar-refractivity contribution in [1.82, 2.24) is 15.0 Å². The van der Waals surface area contributed by atoms with Crippen molar-refractivity contribution in [2.75, 3.05) is 25.2 Å². The number of anilines is 2. The zero-order chi connectivity index (χ0) is 24.0. The number of pyridine rings is 1. The van der Waals surface area contributed by atoms with Crippen LogP contribution in [0, 0.1) is 6.92 Å². The highest BCUT2D eigenvalue weighted by Gasteiger charge is 2.33. The van der Waals surface area contributed by atoms with Crippen LogP contribution in [0.5, 0.6) is 5.75 Å². The highest BCUT2D eigenvalue weighted by molar-refractivity contribution is 6.35. The number of aromatic amines is 1. The van der Waals surface area contributed by atoms with E-state index in [0.29, 0.717) is 30.4 Å². The van der Waals surface area contributed by atoms with E-state index in [1.54, 1.807) is 19.4 Å². The summed E-state index contributed by atoms with van der Waals surface area (Å²) in [6, 6.07) is 11.2. The first-order valence-electron chi connectivity index (χ1n) is 10.5. The molecular weight excluding hydrogens is 469 g/mol. The number of nitrogens with one attached hydrogen (secondary N) is 1. The summed E-state index contributed by atoms with van der Waals surface area (Å²) in [4.78, 5) is 14.1. The van der Waals surface area contributed by atoms with Crippen LogP contribution in [0.3, 0.4) is 0 Å². The molecule has 1 N–H and O–H groups in total. The molecule has 1 aliphatic heterocycles. The molecule has 1 aliphatic rings. The highest BCUT2D eigenvalue weighted by Crippen LogP contribution is 2.45. The number of para-hydroxylation sites is 1. The second-order valence-electron chi connectivity index (χ2n) is 8.08. The second-order valence-corrected chi connectivity index (χ2v) is 8.48. The largest absolute Gasteiger partial charge is 0.488 e. The summed E-state index contributed by atoms with van der Waals surface area (Å²) in [7, 11) is 1.63. The summed E-state index contributed by atoms with van der Waals surface area (Å²) < 4.78 is 51.3. The number of rotatable bonds is 4. The van der Waals surface area contributed by atoms with Crippen molar-refractivity contribution in [2.45, 2.75) is 19.1 Å². The number of ether oxygens (including phenoxy) is 2. The molecule has 0 unspecified atom stereocenters. The van der Waals surface area contributed by atoms with Crippen LogP contribution in [0.1, 0.15) is 11.1 Å². The van der Waals surface area contributed by atoms with Gasteiger partial charge in [0.05, 0.1) is 40.0 Å².